The summed E-state index contributed by atoms with van der Waals surface area (Å²) < 4.78 is 27.6. The van der Waals surface area contributed by atoms with Crippen LogP contribution in [0.5, 0.6) is 5.75 Å². The van der Waals surface area contributed by atoms with Crippen molar-refractivity contribution in [1.29, 1.82) is 0 Å². The Morgan fingerprint density at radius 2 is 2.05 bits per heavy atom. The lowest BCUT2D eigenvalue weighted by molar-refractivity contribution is 0.102. The summed E-state index contributed by atoms with van der Waals surface area (Å²) in [5.74, 6) is 0.197. The Morgan fingerprint density at radius 1 is 1.23 bits per heavy atom. The number of aryl methyl sites for hydroxylation is 1. The molecular weight excluding hydrogens is 513 g/mol. The summed E-state index contributed by atoms with van der Waals surface area (Å²) in [6.45, 7) is 5.89. The molecule has 1 amide bonds. The number of carbonyl (C=O) groups is 1. The molecule has 2 aromatic carbocycles. The Balaban J connectivity index is 1.57. The van der Waals surface area contributed by atoms with Crippen molar-refractivity contribution in [3.63, 3.8) is 0 Å². The first-order valence-electron chi connectivity index (χ1n) is 13.3. The quantitative estimate of drug-likeness (QED) is 0.318. The van der Waals surface area contributed by atoms with Gasteiger partial charge in [-0.15, -0.1) is 0 Å². The largest absolute Gasteiger partial charge is 0.496 e. The summed E-state index contributed by atoms with van der Waals surface area (Å²) >= 11 is 0. The minimum absolute atomic E-state index is 0.0579. The zero-order valence-electron chi connectivity index (χ0n) is 23.1. The third-order valence-corrected chi connectivity index (χ3v) is 7.35. The number of halogens is 1. The van der Waals surface area contributed by atoms with Crippen LogP contribution in [0.15, 0.2) is 42.6 Å². The molecule has 210 valence electrons. The maximum atomic E-state index is 14.7. The highest BCUT2D eigenvalue weighted by atomic mass is 19.1. The second-order valence-corrected chi connectivity index (χ2v) is 9.92. The summed E-state index contributed by atoms with van der Waals surface area (Å²) in [5, 5.41) is 3.03. The lowest BCUT2D eigenvalue weighted by Gasteiger charge is -2.28. The van der Waals surface area contributed by atoms with Crippen LogP contribution in [0.25, 0.3) is 22.4 Å². The standard InChI is InChI=1S/C29H34FN7O3/c1-17(16-39-3)37-18(2)33-26-23(37)11-10-21(27(26)36-14-6-7-19(36)15-31)35-29(38)22-12-13-32-28(34-22)25-20(30)8-5-9-24(25)40-4/h5,8-13,17,19H,6-7,14-16,31H2,1-4H3,(H,35,38)/t17-,19+/m1/s1. The molecule has 0 aliphatic carbocycles. The molecule has 1 aliphatic heterocycles. The van der Waals surface area contributed by atoms with Gasteiger partial charge in [-0.25, -0.2) is 19.3 Å². The number of nitrogens with two attached hydrogens (primary N) is 1. The molecule has 11 heteroatoms. The van der Waals surface area contributed by atoms with Gasteiger partial charge in [-0.2, -0.15) is 0 Å². The van der Waals surface area contributed by atoms with Gasteiger partial charge in [-0.3, -0.25) is 4.79 Å². The van der Waals surface area contributed by atoms with Gasteiger partial charge in [0.25, 0.3) is 5.91 Å². The highest BCUT2D eigenvalue weighted by Gasteiger charge is 2.30. The van der Waals surface area contributed by atoms with E-state index in [0.717, 1.165) is 41.9 Å². The number of ether oxygens (including phenoxy) is 2. The smallest absolute Gasteiger partial charge is 0.274 e. The van der Waals surface area contributed by atoms with Crippen molar-refractivity contribution >= 4 is 28.3 Å². The molecule has 1 aliphatic rings. The number of carbonyl (C=O) groups excluding carboxylic acids is 1. The van der Waals surface area contributed by atoms with Gasteiger partial charge in [0, 0.05) is 32.4 Å². The molecule has 0 radical (unpaired) electrons. The molecule has 4 aromatic rings. The van der Waals surface area contributed by atoms with Gasteiger partial charge in [-0.1, -0.05) is 6.07 Å². The van der Waals surface area contributed by atoms with Crippen LogP contribution >= 0.6 is 0 Å². The van der Waals surface area contributed by atoms with Crippen LogP contribution < -0.4 is 20.7 Å². The number of amides is 1. The van der Waals surface area contributed by atoms with Gasteiger partial charge in [0.2, 0.25) is 0 Å². The van der Waals surface area contributed by atoms with E-state index in [1.165, 1.54) is 31.5 Å². The fraction of sp³-hybridized carbons (Fsp3) is 0.379. The summed E-state index contributed by atoms with van der Waals surface area (Å²) in [6, 6.07) is 10.0. The number of anilines is 2. The van der Waals surface area contributed by atoms with Crippen molar-refractivity contribution in [3.05, 3.63) is 59.9 Å². The number of aromatic nitrogens is 4. The van der Waals surface area contributed by atoms with E-state index in [4.69, 9.17) is 20.2 Å². The number of fused-ring (bicyclic) bond motifs is 1. The number of nitrogens with zero attached hydrogens (tertiary/aromatic N) is 5. The van der Waals surface area contributed by atoms with Crippen molar-refractivity contribution in [1.82, 2.24) is 19.5 Å². The minimum atomic E-state index is -0.542. The fourth-order valence-corrected chi connectivity index (χ4v) is 5.59. The first-order chi connectivity index (χ1) is 19.4. The minimum Gasteiger partial charge on any atom is -0.496 e. The third kappa shape index (κ3) is 4.98. The topological polar surface area (TPSA) is 120 Å². The van der Waals surface area contributed by atoms with Crippen LogP contribution in [0, 0.1) is 12.7 Å². The lowest BCUT2D eigenvalue weighted by Crippen LogP contribution is -2.36. The van der Waals surface area contributed by atoms with Gasteiger partial charge in [0.15, 0.2) is 5.82 Å². The first kappa shape index (κ1) is 27.5. The predicted octanol–water partition coefficient (Wildman–Crippen LogP) is 4.34. The van der Waals surface area contributed by atoms with Crippen molar-refractivity contribution in [3.8, 4) is 17.1 Å². The van der Waals surface area contributed by atoms with Crippen LogP contribution in [0.1, 0.15) is 42.1 Å². The van der Waals surface area contributed by atoms with E-state index >= 15 is 0 Å². The van der Waals surface area contributed by atoms with E-state index in [9.17, 15) is 9.18 Å². The molecule has 0 bridgehead atoms. The molecule has 0 spiro atoms. The molecule has 0 unspecified atom stereocenters. The van der Waals surface area contributed by atoms with Gasteiger partial charge >= 0.3 is 0 Å². The van der Waals surface area contributed by atoms with Crippen molar-refractivity contribution in [2.75, 3.05) is 44.1 Å². The molecule has 40 heavy (non-hydrogen) atoms. The van der Waals surface area contributed by atoms with Gasteiger partial charge < -0.3 is 30.0 Å². The monoisotopic (exact) mass is 547 g/mol. The number of methoxy groups -OCH3 is 2. The molecule has 3 heterocycles. The van der Waals surface area contributed by atoms with E-state index in [2.05, 4.69) is 31.7 Å². The van der Waals surface area contributed by atoms with Crippen LogP contribution in [-0.2, 0) is 4.74 Å². The molecule has 0 saturated carbocycles. The van der Waals surface area contributed by atoms with Crippen molar-refractivity contribution < 1.29 is 18.7 Å². The van der Waals surface area contributed by atoms with E-state index in [-0.39, 0.29) is 34.9 Å². The van der Waals surface area contributed by atoms with Gasteiger partial charge in [0.1, 0.15) is 28.6 Å². The SMILES string of the molecule is COC[C@@H](C)n1c(C)nc2c(N3CCC[C@H]3CN)c(NC(=O)c3ccnc(-c4c(F)cccc4OC)n3)ccc21. The number of benzene rings is 2. The van der Waals surface area contributed by atoms with Crippen LogP contribution in [0.3, 0.4) is 0 Å². The van der Waals surface area contributed by atoms with Crippen molar-refractivity contribution in [2.24, 2.45) is 5.73 Å². The zero-order valence-corrected chi connectivity index (χ0v) is 23.1. The fourth-order valence-electron chi connectivity index (χ4n) is 5.59. The van der Waals surface area contributed by atoms with Gasteiger partial charge in [-0.05, 0) is 57.0 Å². The summed E-state index contributed by atoms with van der Waals surface area (Å²) in [5.41, 5.74) is 9.51. The third-order valence-electron chi connectivity index (χ3n) is 7.35. The van der Waals surface area contributed by atoms with E-state index in [1.54, 1.807) is 13.2 Å². The first-order valence-corrected chi connectivity index (χ1v) is 13.3. The Morgan fingerprint density at radius 3 is 2.80 bits per heavy atom. The molecule has 5 rings (SSSR count). The number of imidazole rings is 1. The van der Waals surface area contributed by atoms with Crippen LogP contribution in [0.2, 0.25) is 0 Å². The number of nitrogens with one attached hydrogen (secondary N) is 1. The average Bonchev–Trinajstić information content (AvgIpc) is 3.56. The van der Waals surface area contributed by atoms with Crippen LogP contribution in [-0.4, -0.2) is 65.4 Å². The molecule has 3 N–H and O–H groups in total. The van der Waals surface area contributed by atoms with E-state index in [0.29, 0.717) is 18.8 Å². The Kier molecular flexibility index (Phi) is 7.95. The molecule has 10 nitrogen and oxygen atoms in total. The van der Waals surface area contributed by atoms with Crippen LogP contribution in [0.4, 0.5) is 15.8 Å². The highest BCUT2D eigenvalue weighted by Crippen LogP contribution is 2.39. The van der Waals surface area contributed by atoms with E-state index < -0.39 is 11.7 Å². The summed E-state index contributed by atoms with van der Waals surface area (Å²) in [6.07, 6.45) is 3.38. The number of hydrogen-bond acceptors (Lipinski definition) is 8. The molecule has 1 saturated heterocycles. The molecule has 2 atom stereocenters. The maximum Gasteiger partial charge on any atom is 0.274 e. The van der Waals surface area contributed by atoms with E-state index in [1.807, 2.05) is 19.1 Å². The molecule has 2 aromatic heterocycles. The Labute approximate surface area is 232 Å². The van der Waals surface area contributed by atoms with Gasteiger partial charge in [0.05, 0.1) is 42.2 Å². The number of rotatable bonds is 9. The lowest BCUT2D eigenvalue weighted by atomic mass is 10.1. The second kappa shape index (κ2) is 11.6. The number of hydrogen-bond donors (Lipinski definition) is 2. The molecule has 1 fully saturated rings. The second-order valence-electron chi connectivity index (χ2n) is 9.92. The Hall–Kier alpha value is -4.09. The zero-order chi connectivity index (χ0) is 28.4. The van der Waals surface area contributed by atoms with Crippen molar-refractivity contribution in [2.45, 2.75) is 38.8 Å². The predicted molar refractivity (Wildman–Crippen MR) is 152 cm³/mol. The summed E-state index contributed by atoms with van der Waals surface area (Å²) in [7, 11) is 3.12. The normalized spacial score (nSPS) is 15.9. The summed E-state index contributed by atoms with van der Waals surface area (Å²) in [4.78, 5) is 29.3. The Bertz CT molecular complexity index is 1540. The highest BCUT2D eigenvalue weighted by molar-refractivity contribution is 6.08. The molecular formula is C29H34FN7O3. The average molecular weight is 548 g/mol. The maximum absolute atomic E-state index is 14.7.